The summed E-state index contributed by atoms with van der Waals surface area (Å²) >= 11 is 0. The SMILES string of the molecule is COc1cc(OC)c(C=CS(=O)Cc2cc(OC)c(OC)c(OC)c2)c(OC)c1. The minimum Gasteiger partial charge on any atom is -0.496 e. The summed E-state index contributed by atoms with van der Waals surface area (Å²) in [5, 5.41) is 1.59. The van der Waals surface area contributed by atoms with E-state index in [9.17, 15) is 4.21 Å². The van der Waals surface area contributed by atoms with Gasteiger partial charge in [0.1, 0.15) is 17.2 Å². The maximum atomic E-state index is 12.7. The first-order valence-corrected chi connectivity index (χ1v) is 10.0. The van der Waals surface area contributed by atoms with Crippen LogP contribution in [-0.4, -0.2) is 46.9 Å². The molecule has 0 aliphatic carbocycles. The molecule has 0 aromatic heterocycles. The zero-order valence-corrected chi connectivity index (χ0v) is 18.3. The molecule has 2 rings (SSSR count). The number of ether oxygens (including phenoxy) is 6. The molecule has 0 amide bonds. The van der Waals surface area contributed by atoms with Gasteiger partial charge in [-0.25, -0.2) is 0 Å². The molecule has 7 nitrogen and oxygen atoms in total. The fourth-order valence-electron chi connectivity index (χ4n) is 2.77. The van der Waals surface area contributed by atoms with E-state index in [1.807, 2.05) is 0 Å². The van der Waals surface area contributed by atoms with Crippen LogP contribution >= 0.6 is 0 Å². The van der Waals surface area contributed by atoms with Gasteiger partial charge in [0.25, 0.3) is 0 Å². The summed E-state index contributed by atoms with van der Waals surface area (Å²) in [6.07, 6.45) is 1.71. The maximum Gasteiger partial charge on any atom is 0.203 e. The molecule has 0 fully saturated rings. The Labute approximate surface area is 173 Å². The van der Waals surface area contributed by atoms with Crippen LogP contribution in [0, 0.1) is 0 Å². The molecule has 158 valence electrons. The minimum atomic E-state index is -1.30. The third kappa shape index (κ3) is 5.35. The summed E-state index contributed by atoms with van der Waals surface area (Å²) in [6.45, 7) is 0. The van der Waals surface area contributed by atoms with Crippen molar-refractivity contribution in [3.8, 4) is 34.5 Å². The van der Waals surface area contributed by atoms with E-state index in [0.717, 1.165) is 5.56 Å². The van der Waals surface area contributed by atoms with Crippen LogP contribution in [0.3, 0.4) is 0 Å². The second-order valence-corrected chi connectivity index (χ2v) is 7.13. The Hall–Kier alpha value is -2.87. The second-order valence-electron chi connectivity index (χ2n) is 5.81. The predicted molar refractivity (Wildman–Crippen MR) is 113 cm³/mol. The summed E-state index contributed by atoms with van der Waals surface area (Å²) in [5.74, 6) is 3.52. The van der Waals surface area contributed by atoms with Crippen LogP contribution in [0.1, 0.15) is 11.1 Å². The van der Waals surface area contributed by atoms with Gasteiger partial charge in [0.2, 0.25) is 5.75 Å². The fraction of sp³-hybridized carbons (Fsp3) is 0.333. The van der Waals surface area contributed by atoms with E-state index in [2.05, 4.69) is 0 Å². The van der Waals surface area contributed by atoms with E-state index >= 15 is 0 Å². The summed E-state index contributed by atoms with van der Waals surface area (Å²) in [7, 11) is 7.99. The van der Waals surface area contributed by atoms with Crippen molar-refractivity contribution < 1.29 is 32.6 Å². The van der Waals surface area contributed by atoms with Crippen molar-refractivity contribution in [2.24, 2.45) is 0 Å². The molecule has 0 aliphatic heterocycles. The average molecular weight is 422 g/mol. The number of hydrogen-bond acceptors (Lipinski definition) is 7. The van der Waals surface area contributed by atoms with Gasteiger partial charge in [-0.1, -0.05) is 0 Å². The highest BCUT2D eigenvalue weighted by molar-refractivity contribution is 7.87. The van der Waals surface area contributed by atoms with Crippen molar-refractivity contribution in [1.29, 1.82) is 0 Å². The fourth-order valence-corrected chi connectivity index (χ4v) is 3.65. The van der Waals surface area contributed by atoms with Gasteiger partial charge in [-0.3, -0.25) is 4.21 Å². The highest BCUT2D eigenvalue weighted by atomic mass is 32.2. The second kappa shape index (κ2) is 10.6. The third-order valence-corrected chi connectivity index (χ3v) is 5.23. The van der Waals surface area contributed by atoms with Crippen LogP contribution in [0.5, 0.6) is 34.5 Å². The first-order valence-electron chi connectivity index (χ1n) is 8.65. The molecule has 1 atom stereocenters. The van der Waals surface area contributed by atoms with Gasteiger partial charge in [-0.05, 0) is 23.8 Å². The minimum absolute atomic E-state index is 0.272. The van der Waals surface area contributed by atoms with Gasteiger partial charge in [0, 0.05) is 17.5 Å². The molecule has 0 saturated carbocycles. The van der Waals surface area contributed by atoms with Crippen LogP contribution < -0.4 is 28.4 Å². The zero-order valence-electron chi connectivity index (χ0n) is 17.4. The van der Waals surface area contributed by atoms with Crippen molar-refractivity contribution in [3.63, 3.8) is 0 Å². The molecule has 0 spiro atoms. The van der Waals surface area contributed by atoms with Gasteiger partial charge in [-0.15, -0.1) is 0 Å². The van der Waals surface area contributed by atoms with E-state index in [0.29, 0.717) is 40.1 Å². The highest BCUT2D eigenvalue weighted by Crippen LogP contribution is 2.39. The molecular weight excluding hydrogens is 396 g/mol. The highest BCUT2D eigenvalue weighted by Gasteiger charge is 2.15. The van der Waals surface area contributed by atoms with Gasteiger partial charge in [0.05, 0.1) is 64.8 Å². The average Bonchev–Trinajstić information content (AvgIpc) is 2.75. The smallest absolute Gasteiger partial charge is 0.203 e. The molecule has 0 bridgehead atoms. The Balaban J connectivity index is 2.29. The molecule has 2 aromatic carbocycles. The molecule has 8 heteroatoms. The Kier molecular flexibility index (Phi) is 8.21. The van der Waals surface area contributed by atoms with Crippen LogP contribution in [0.2, 0.25) is 0 Å². The molecule has 29 heavy (non-hydrogen) atoms. The Morgan fingerprint density at radius 2 is 1.24 bits per heavy atom. The largest absolute Gasteiger partial charge is 0.496 e. The molecule has 0 saturated heterocycles. The first kappa shape index (κ1) is 22.4. The van der Waals surface area contributed by atoms with Gasteiger partial charge >= 0.3 is 0 Å². The third-order valence-electron chi connectivity index (χ3n) is 4.17. The van der Waals surface area contributed by atoms with E-state index in [-0.39, 0.29) is 5.75 Å². The normalized spacial score (nSPS) is 11.8. The quantitative estimate of drug-likeness (QED) is 0.579. The van der Waals surface area contributed by atoms with Crippen molar-refractivity contribution in [3.05, 3.63) is 40.8 Å². The summed E-state index contributed by atoms with van der Waals surface area (Å²) in [4.78, 5) is 0. The Morgan fingerprint density at radius 3 is 1.66 bits per heavy atom. The molecule has 0 N–H and O–H groups in total. The van der Waals surface area contributed by atoms with Crippen molar-refractivity contribution in [2.45, 2.75) is 5.75 Å². The zero-order chi connectivity index (χ0) is 21.4. The molecular formula is C21H26O7S. The maximum absolute atomic E-state index is 12.7. The summed E-state index contributed by atoms with van der Waals surface area (Å²) in [5.41, 5.74) is 1.46. The van der Waals surface area contributed by atoms with E-state index in [4.69, 9.17) is 28.4 Å². The number of rotatable bonds is 10. The lowest BCUT2D eigenvalue weighted by molar-refractivity contribution is 0.324. The molecule has 0 radical (unpaired) electrons. The van der Waals surface area contributed by atoms with E-state index in [1.54, 1.807) is 71.3 Å². The lowest BCUT2D eigenvalue weighted by atomic mass is 10.1. The number of hydrogen-bond donors (Lipinski definition) is 0. The predicted octanol–water partition coefficient (Wildman–Crippen LogP) is 3.66. The topological polar surface area (TPSA) is 72.5 Å². The van der Waals surface area contributed by atoms with Crippen molar-refractivity contribution in [1.82, 2.24) is 0 Å². The molecule has 0 heterocycles. The van der Waals surface area contributed by atoms with E-state index in [1.165, 1.54) is 7.11 Å². The molecule has 0 aliphatic rings. The van der Waals surface area contributed by atoms with Gasteiger partial charge in [-0.2, -0.15) is 0 Å². The van der Waals surface area contributed by atoms with Crippen LogP contribution in [0.15, 0.2) is 29.7 Å². The number of methoxy groups -OCH3 is 6. The van der Waals surface area contributed by atoms with Crippen LogP contribution in [0.25, 0.3) is 6.08 Å². The summed E-state index contributed by atoms with van der Waals surface area (Å²) in [6, 6.07) is 7.04. The molecule has 2 aromatic rings. The lowest BCUT2D eigenvalue weighted by Crippen LogP contribution is -1.99. The Morgan fingerprint density at radius 1 is 0.724 bits per heavy atom. The van der Waals surface area contributed by atoms with Gasteiger partial charge < -0.3 is 28.4 Å². The first-order chi connectivity index (χ1) is 14.0. The lowest BCUT2D eigenvalue weighted by Gasteiger charge is -2.14. The van der Waals surface area contributed by atoms with E-state index < -0.39 is 10.8 Å². The van der Waals surface area contributed by atoms with Crippen LogP contribution in [-0.2, 0) is 16.6 Å². The molecule has 1 unspecified atom stereocenters. The summed E-state index contributed by atoms with van der Waals surface area (Å²) < 4.78 is 44.7. The van der Waals surface area contributed by atoms with Crippen molar-refractivity contribution >= 4 is 16.9 Å². The van der Waals surface area contributed by atoms with Crippen molar-refractivity contribution in [2.75, 3.05) is 42.7 Å². The number of benzene rings is 2. The van der Waals surface area contributed by atoms with Gasteiger partial charge in [0.15, 0.2) is 11.5 Å². The monoisotopic (exact) mass is 422 g/mol. The Bertz CT molecular complexity index is 843. The standard InChI is InChI=1S/C21H26O7S/c1-23-15-11-17(24-2)16(18(12-15)25-3)7-8-29(22)13-14-9-19(26-4)21(28-6)20(10-14)27-5/h7-12H,13H2,1-6H3. The van der Waals surface area contributed by atoms with Crippen LogP contribution in [0.4, 0.5) is 0 Å².